The summed E-state index contributed by atoms with van der Waals surface area (Å²) in [6, 6.07) is 18.4. The molecule has 0 aromatic heterocycles. The van der Waals surface area contributed by atoms with Gasteiger partial charge in [-0.3, -0.25) is 0 Å². The predicted octanol–water partition coefficient (Wildman–Crippen LogP) is 2.22. The zero-order chi connectivity index (χ0) is 18.4. The van der Waals surface area contributed by atoms with Gasteiger partial charge in [-0.2, -0.15) is 5.26 Å². The van der Waals surface area contributed by atoms with Crippen molar-refractivity contribution in [2.45, 2.75) is 19.9 Å². The maximum Gasteiger partial charge on any atom is 0.173 e. The van der Waals surface area contributed by atoms with E-state index in [9.17, 15) is 0 Å². The molecule has 1 heterocycles. The molecule has 0 unspecified atom stereocenters. The third-order valence-electron chi connectivity index (χ3n) is 4.93. The fourth-order valence-electron chi connectivity index (χ4n) is 3.33. The summed E-state index contributed by atoms with van der Waals surface area (Å²) < 4.78 is 0. The summed E-state index contributed by atoms with van der Waals surface area (Å²) in [4.78, 5) is 3.83. The minimum Gasteiger partial charge on any atom is -0.338 e. The molecule has 5 heteroatoms. The van der Waals surface area contributed by atoms with Crippen molar-refractivity contribution >= 4 is 23.0 Å². The number of hydrogen-bond acceptors (Lipinski definition) is 2. The van der Waals surface area contributed by atoms with Crippen LogP contribution in [0.25, 0.3) is 0 Å². The van der Waals surface area contributed by atoms with Gasteiger partial charge in [0.25, 0.3) is 0 Å². The van der Waals surface area contributed by atoms with Gasteiger partial charge >= 0.3 is 0 Å². The average molecular weight is 366 g/mol. The van der Waals surface area contributed by atoms with Gasteiger partial charge in [0.05, 0.1) is 37.8 Å². The Kier molecular flexibility index (Phi) is 6.21. The third-order valence-corrected chi connectivity index (χ3v) is 5.30. The number of benzene rings is 2. The number of quaternary nitrogens is 1. The van der Waals surface area contributed by atoms with E-state index in [1.54, 1.807) is 4.90 Å². The molecule has 0 aliphatic carbocycles. The molecular formula is C21H25N4S+. The summed E-state index contributed by atoms with van der Waals surface area (Å²) in [5, 5.41) is 13.1. The van der Waals surface area contributed by atoms with E-state index in [2.05, 4.69) is 53.5 Å². The standard InChI is InChI=1S/C21H24N4S/c1-2-19-5-3-4-6-20(19)23-21(26)25-13-11-24(12-14-25)16-18-9-7-17(15-22)8-10-18/h3-10H,2,11-14,16H2,1H3,(H,23,26)/p+1. The molecule has 4 nitrogen and oxygen atoms in total. The molecule has 1 aliphatic rings. The summed E-state index contributed by atoms with van der Waals surface area (Å²) in [7, 11) is 0. The molecule has 1 aliphatic heterocycles. The van der Waals surface area contributed by atoms with Crippen LogP contribution in [0.3, 0.4) is 0 Å². The van der Waals surface area contributed by atoms with Gasteiger partial charge in [0, 0.05) is 11.3 Å². The number of piperazine rings is 1. The number of para-hydroxylation sites is 1. The number of nitriles is 1. The Balaban J connectivity index is 1.51. The topological polar surface area (TPSA) is 43.5 Å². The van der Waals surface area contributed by atoms with Crippen LogP contribution in [0.1, 0.15) is 23.6 Å². The zero-order valence-electron chi connectivity index (χ0n) is 15.2. The van der Waals surface area contributed by atoms with Gasteiger partial charge in [-0.25, -0.2) is 0 Å². The molecule has 0 bridgehead atoms. The van der Waals surface area contributed by atoms with E-state index in [0.29, 0.717) is 0 Å². The SMILES string of the molecule is CCc1ccccc1NC(=S)N1CC[NH+](Cc2ccc(C#N)cc2)CC1. The quantitative estimate of drug-likeness (QED) is 0.816. The molecule has 0 saturated carbocycles. The minimum atomic E-state index is 0.720. The van der Waals surface area contributed by atoms with Crippen molar-refractivity contribution in [3.8, 4) is 6.07 Å². The fourth-order valence-corrected chi connectivity index (χ4v) is 3.63. The summed E-state index contributed by atoms with van der Waals surface area (Å²) >= 11 is 5.63. The molecule has 1 saturated heterocycles. The Hall–Kier alpha value is -2.42. The fraction of sp³-hybridized carbons (Fsp3) is 0.333. The number of nitrogens with zero attached hydrogens (tertiary/aromatic N) is 2. The Bertz CT molecular complexity index is 786. The van der Waals surface area contributed by atoms with Crippen LogP contribution >= 0.6 is 12.2 Å². The summed E-state index contributed by atoms with van der Waals surface area (Å²) in [5.74, 6) is 0. The molecular weight excluding hydrogens is 340 g/mol. The van der Waals surface area contributed by atoms with Crippen LogP contribution in [0.4, 0.5) is 5.69 Å². The molecule has 0 spiro atoms. The molecule has 2 aromatic rings. The average Bonchev–Trinajstić information content (AvgIpc) is 2.69. The van der Waals surface area contributed by atoms with Gasteiger partial charge in [0.1, 0.15) is 6.54 Å². The first-order valence-electron chi connectivity index (χ1n) is 9.16. The monoisotopic (exact) mass is 365 g/mol. The number of nitrogens with one attached hydrogen (secondary N) is 2. The molecule has 134 valence electrons. The van der Waals surface area contributed by atoms with Gasteiger partial charge in [0.2, 0.25) is 0 Å². The molecule has 26 heavy (non-hydrogen) atoms. The largest absolute Gasteiger partial charge is 0.338 e. The number of anilines is 1. The van der Waals surface area contributed by atoms with Crippen molar-refractivity contribution in [1.82, 2.24) is 4.90 Å². The lowest BCUT2D eigenvalue weighted by atomic mass is 10.1. The van der Waals surface area contributed by atoms with Crippen molar-refractivity contribution in [1.29, 1.82) is 5.26 Å². The van der Waals surface area contributed by atoms with Gasteiger partial charge in [-0.15, -0.1) is 0 Å². The highest BCUT2D eigenvalue weighted by atomic mass is 32.1. The Morgan fingerprint density at radius 2 is 1.85 bits per heavy atom. The molecule has 3 rings (SSSR count). The second-order valence-electron chi connectivity index (χ2n) is 6.66. The van der Waals surface area contributed by atoms with Crippen molar-refractivity contribution in [3.05, 3.63) is 65.2 Å². The highest BCUT2D eigenvalue weighted by molar-refractivity contribution is 7.80. The summed E-state index contributed by atoms with van der Waals surface area (Å²) in [5.41, 5.74) is 4.41. The van der Waals surface area contributed by atoms with Crippen LogP contribution in [0.2, 0.25) is 0 Å². The van der Waals surface area contributed by atoms with Gasteiger partial charge < -0.3 is 15.1 Å². The first kappa shape index (κ1) is 18.4. The Labute approximate surface area is 161 Å². The lowest BCUT2D eigenvalue weighted by Crippen LogP contribution is -3.13. The Morgan fingerprint density at radius 1 is 1.15 bits per heavy atom. The van der Waals surface area contributed by atoms with Crippen LogP contribution < -0.4 is 10.2 Å². The number of hydrogen-bond donors (Lipinski definition) is 2. The second-order valence-corrected chi connectivity index (χ2v) is 7.05. The van der Waals surface area contributed by atoms with Crippen LogP contribution in [0, 0.1) is 11.3 Å². The normalized spacial score (nSPS) is 14.7. The lowest BCUT2D eigenvalue weighted by molar-refractivity contribution is -0.917. The number of rotatable bonds is 4. The second kappa shape index (κ2) is 8.79. The van der Waals surface area contributed by atoms with E-state index in [4.69, 9.17) is 17.5 Å². The van der Waals surface area contributed by atoms with Crippen molar-refractivity contribution in [3.63, 3.8) is 0 Å². The molecule has 0 radical (unpaired) electrons. The Morgan fingerprint density at radius 3 is 2.50 bits per heavy atom. The number of aryl methyl sites for hydroxylation is 1. The zero-order valence-corrected chi connectivity index (χ0v) is 16.0. The van der Waals surface area contributed by atoms with E-state index >= 15 is 0 Å². The predicted molar refractivity (Wildman–Crippen MR) is 109 cm³/mol. The van der Waals surface area contributed by atoms with Crippen molar-refractivity contribution < 1.29 is 4.90 Å². The van der Waals surface area contributed by atoms with Gasteiger partial charge in [0.15, 0.2) is 5.11 Å². The van der Waals surface area contributed by atoms with E-state index in [1.807, 2.05) is 18.2 Å². The smallest absolute Gasteiger partial charge is 0.173 e. The molecule has 0 amide bonds. The van der Waals surface area contributed by atoms with Crippen LogP contribution in [-0.4, -0.2) is 36.2 Å². The van der Waals surface area contributed by atoms with Crippen LogP contribution in [0.5, 0.6) is 0 Å². The molecule has 2 N–H and O–H groups in total. The number of thiocarbonyl (C=S) groups is 1. The first-order valence-corrected chi connectivity index (χ1v) is 9.57. The lowest BCUT2D eigenvalue weighted by Gasteiger charge is -2.34. The van der Waals surface area contributed by atoms with Gasteiger partial charge in [-0.05, 0) is 42.4 Å². The molecule has 0 atom stereocenters. The van der Waals surface area contributed by atoms with Crippen molar-refractivity contribution in [2.24, 2.45) is 0 Å². The highest BCUT2D eigenvalue weighted by Crippen LogP contribution is 2.16. The summed E-state index contributed by atoms with van der Waals surface area (Å²) in [6.07, 6.45) is 0.994. The maximum atomic E-state index is 8.89. The third kappa shape index (κ3) is 4.60. The molecule has 2 aromatic carbocycles. The maximum absolute atomic E-state index is 8.89. The van der Waals surface area contributed by atoms with E-state index in [1.165, 1.54) is 11.1 Å². The van der Waals surface area contributed by atoms with Crippen LogP contribution in [-0.2, 0) is 13.0 Å². The van der Waals surface area contributed by atoms with E-state index in [-0.39, 0.29) is 0 Å². The van der Waals surface area contributed by atoms with Crippen LogP contribution in [0.15, 0.2) is 48.5 Å². The molecule has 1 fully saturated rings. The van der Waals surface area contributed by atoms with E-state index in [0.717, 1.165) is 55.5 Å². The highest BCUT2D eigenvalue weighted by Gasteiger charge is 2.22. The van der Waals surface area contributed by atoms with Gasteiger partial charge in [-0.1, -0.05) is 37.3 Å². The summed E-state index contributed by atoms with van der Waals surface area (Å²) in [6.45, 7) is 7.22. The minimum absolute atomic E-state index is 0.720. The van der Waals surface area contributed by atoms with E-state index < -0.39 is 0 Å². The van der Waals surface area contributed by atoms with Crippen molar-refractivity contribution in [2.75, 3.05) is 31.5 Å². The first-order chi connectivity index (χ1) is 12.7.